The van der Waals surface area contributed by atoms with Gasteiger partial charge in [-0.2, -0.15) is 0 Å². The molecule has 0 saturated carbocycles. The fourth-order valence-corrected chi connectivity index (χ4v) is 4.44. The van der Waals surface area contributed by atoms with Gasteiger partial charge in [0.2, 0.25) is 5.91 Å². The van der Waals surface area contributed by atoms with Gasteiger partial charge < -0.3 is 15.5 Å². The van der Waals surface area contributed by atoms with Gasteiger partial charge in [-0.05, 0) is 61.5 Å². The molecule has 0 radical (unpaired) electrons. The van der Waals surface area contributed by atoms with Gasteiger partial charge in [0.15, 0.2) is 5.96 Å². The van der Waals surface area contributed by atoms with E-state index in [4.69, 9.17) is 0 Å². The lowest BCUT2D eigenvalue weighted by Gasteiger charge is -2.29. The van der Waals surface area contributed by atoms with E-state index in [0.29, 0.717) is 19.0 Å². The number of rotatable bonds is 7. The molecule has 1 fully saturated rings. The summed E-state index contributed by atoms with van der Waals surface area (Å²) in [5, 5.41) is 6.46. The molecule has 4 rings (SSSR count). The van der Waals surface area contributed by atoms with Crippen molar-refractivity contribution in [2.24, 2.45) is 4.99 Å². The molecule has 7 heteroatoms. The maximum atomic E-state index is 12.7. The van der Waals surface area contributed by atoms with Gasteiger partial charge in [-0.25, -0.2) is 4.99 Å². The van der Waals surface area contributed by atoms with Gasteiger partial charge in [0.05, 0.1) is 13.1 Å². The zero-order valence-electron chi connectivity index (χ0n) is 19.6. The number of benzene rings is 2. The van der Waals surface area contributed by atoms with Gasteiger partial charge in [-0.15, -0.1) is 24.0 Å². The molecule has 1 amide bonds. The molecule has 2 heterocycles. The number of nitrogens with one attached hydrogen (secondary N) is 2. The Labute approximate surface area is 214 Å². The molecule has 0 atom stereocenters. The van der Waals surface area contributed by atoms with E-state index in [-0.39, 0.29) is 36.4 Å². The number of hydrogen-bond donors (Lipinski definition) is 2. The highest BCUT2D eigenvalue weighted by molar-refractivity contribution is 14.0. The normalized spacial score (nSPS) is 16.2. The summed E-state index contributed by atoms with van der Waals surface area (Å²) in [4.78, 5) is 21.9. The number of halogens is 1. The van der Waals surface area contributed by atoms with Crippen molar-refractivity contribution < 1.29 is 4.79 Å². The van der Waals surface area contributed by atoms with Crippen LogP contribution >= 0.6 is 24.0 Å². The first-order valence-corrected chi connectivity index (χ1v) is 11.9. The average Bonchev–Trinajstić information content (AvgIpc) is 3.34. The van der Waals surface area contributed by atoms with E-state index >= 15 is 0 Å². The molecule has 178 valence electrons. The van der Waals surface area contributed by atoms with E-state index in [0.717, 1.165) is 26.1 Å². The molecule has 0 spiro atoms. The van der Waals surface area contributed by atoms with Gasteiger partial charge in [-0.1, -0.05) is 48.5 Å². The van der Waals surface area contributed by atoms with E-state index in [1.807, 2.05) is 17.9 Å². The highest BCUT2D eigenvalue weighted by Crippen LogP contribution is 2.18. The first-order valence-electron chi connectivity index (χ1n) is 11.9. The van der Waals surface area contributed by atoms with Crippen molar-refractivity contribution in [3.8, 4) is 0 Å². The lowest BCUT2D eigenvalue weighted by molar-refractivity contribution is -0.130. The second-order valence-corrected chi connectivity index (χ2v) is 8.68. The molecule has 0 unspecified atom stereocenters. The molecular weight excluding hydrogens is 525 g/mol. The number of guanidine groups is 1. The first-order chi connectivity index (χ1) is 15.7. The van der Waals surface area contributed by atoms with Crippen LogP contribution in [0.15, 0.2) is 53.5 Å². The molecule has 6 nitrogen and oxygen atoms in total. The van der Waals surface area contributed by atoms with Crippen LogP contribution < -0.4 is 10.6 Å². The molecule has 1 saturated heterocycles. The Bertz CT molecular complexity index is 925. The topological polar surface area (TPSA) is 60.0 Å². The largest absolute Gasteiger partial charge is 0.357 e. The second kappa shape index (κ2) is 12.9. The molecule has 0 aliphatic carbocycles. The monoisotopic (exact) mass is 561 g/mol. The summed E-state index contributed by atoms with van der Waals surface area (Å²) in [5.41, 5.74) is 5.14. The third kappa shape index (κ3) is 7.43. The fraction of sp³-hybridized carbons (Fsp3) is 0.462. The van der Waals surface area contributed by atoms with Crippen molar-refractivity contribution in [2.75, 3.05) is 32.7 Å². The SMILES string of the molecule is CCNC(=NCc1ccc(CN2CCCC2)cc1)NCC(=O)N1CCc2ccccc2C1.I. The number of hydrogen-bond acceptors (Lipinski definition) is 3. The van der Waals surface area contributed by atoms with Gasteiger partial charge >= 0.3 is 0 Å². The summed E-state index contributed by atoms with van der Waals surface area (Å²) in [6, 6.07) is 17.1. The summed E-state index contributed by atoms with van der Waals surface area (Å²) in [7, 11) is 0. The molecule has 0 bridgehead atoms. The zero-order valence-corrected chi connectivity index (χ0v) is 21.9. The van der Waals surface area contributed by atoms with Crippen LogP contribution in [0.2, 0.25) is 0 Å². The fourth-order valence-electron chi connectivity index (χ4n) is 4.44. The Morgan fingerprint density at radius 1 is 0.939 bits per heavy atom. The van der Waals surface area contributed by atoms with Crippen molar-refractivity contribution in [2.45, 2.75) is 45.8 Å². The Hall–Kier alpha value is -2.13. The van der Waals surface area contributed by atoms with E-state index in [1.165, 1.54) is 48.2 Å². The molecule has 2 aliphatic rings. The van der Waals surface area contributed by atoms with E-state index in [9.17, 15) is 4.79 Å². The van der Waals surface area contributed by atoms with Crippen LogP contribution in [0, 0.1) is 0 Å². The smallest absolute Gasteiger partial charge is 0.242 e. The van der Waals surface area contributed by atoms with Crippen molar-refractivity contribution >= 4 is 35.8 Å². The number of nitrogens with zero attached hydrogens (tertiary/aromatic N) is 3. The lowest BCUT2D eigenvalue weighted by Crippen LogP contribution is -2.45. The van der Waals surface area contributed by atoms with Crippen molar-refractivity contribution in [3.05, 3.63) is 70.8 Å². The van der Waals surface area contributed by atoms with Gasteiger partial charge in [0.1, 0.15) is 0 Å². The Balaban J connectivity index is 0.00000306. The zero-order chi connectivity index (χ0) is 22.2. The maximum absolute atomic E-state index is 12.7. The number of carbonyl (C=O) groups is 1. The van der Waals surface area contributed by atoms with Gasteiger partial charge in [0, 0.05) is 26.2 Å². The van der Waals surface area contributed by atoms with E-state index in [2.05, 4.69) is 63.0 Å². The Morgan fingerprint density at radius 2 is 1.64 bits per heavy atom. The van der Waals surface area contributed by atoms with Crippen LogP contribution in [0.1, 0.15) is 42.0 Å². The Morgan fingerprint density at radius 3 is 2.36 bits per heavy atom. The molecule has 2 aliphatic heterocycles. The predicted molar refractivity (Wildman–Crippen MR) is 145 cm³/mol. The van der Waals surface area contributed by atoms with Crippen LogP contribution in [0.3, 0.4) is 0 Å². The lowest BCUT2D eigenvalue weighted by atomic mass is 10.00. The summed E-state index contributed by atoms with van der Waals surface area (Å²) in [6.07, 6.45) is 3.56. The molecule has 33 heavy (non-hydrogen) atoms. The minimum atomic E-state index is 0. The minimum absolute atomic E-state index is 0. The third-order valence-corrected chi connectivity index (χ3v) is 6.28. The summed E-state index contributed by atoms with van der Waals surface area (Å²) in [5.74, 6) is 0.788. The highest BCUT2D eigenvalue weighted by atomic mass is 127. The molecule has 0 aromatic heterocycles. The van der Waals surface area contributed by atoms with Crippen LogP contribution in [0.4, 0.5) is 0 Å². The van der Waals surface area contributed by atoms with E-state index < -0.39 is 0 Å². The number of likely N-dealkylation sites (tertiary alicyclic amines) is 1. The Kier molecular flexibility index (Phi) is 9.99. The second-order valence-electron chi connectivity index (χ2n) is 8.68. The van der Waals surface area contributed by atoms with Gasteiger partial charge in [-0.3, -0.25) is 9.69 Å². The average molecular weight is 562 g/mol. The molecule has 2 aromatic carbocycles. The maximum Gasteiger partial charge on any atom is 0.242 e. The summed E-state index contributed by atoms with van der Waals surface area (Å²) in [6.45, 7) is 8.56. The van der Waals surface area contributed by atoms with Crippen LogP contribution in [-0.4, -0.2) is 54.4 Å². The standard InChI is InChI=1S/C26H35N5O.HI/c1-2-27-26(28-17-21-9-11-22(12-10-21)19-30-14-5-6-15-30)29-18-25(32)31-16-13-23-7-3-4-8-24(23)20-31;/h3-4,7-12H,2,5-6,13-20H2,1H3,(H2,27,28,29);1H. The summed E-state index contributed by atoms with van der Waals surface area (Å²) < 4.78 is 0. The summed E-state index contributed by atoms with van der Waals surface area (Å²) >= 11 is 0. The van der Waals surface area contributed by atoms with E-state index in [1.54, 1.807) is 0 Å². The number of aliphatic imine (C=N–C) groups is 1. The van der Waals surface area contributed by atoms with Crippen molar-refractivity contribution in [1.29, 1.82) is 0 Å². The van der Waals surface area contributed by atoms with Crippen LogP contribution in [0.25, 0.3) is 0 Å². The predicted octanol–water partition coefficient (Wildman–Crippen LogP) is 3.54. The number of carbonyl (C=O) groups excluding carboxylic acids is 1. The third-order valence-electron chi connectivity index (χ3n) is 6.28. The quantitative estimate of drug-likeness (QED) is 0.309. The van der Waals surface area contributed by atoms with Gasteiger partial charge in [0.25, 0.3) is 0 Å². The molecular formula is C26H36IN5O. The molecule has 2 N–H and O–H groups in total. The number of fused-ring (bicyclic) bond motifs is 1. The van der Waals surface area contributed by atoms with Crippen molar-refractivity contribution in [1.82, 2.24) is 20.4 Å². The first kappa shape index (κ1) is 25.5. The molecule has 2 aromatic rings. The number of amides is 1. The van der Waals surface area contributed by atoms with Crippen LogP contribution in [0.5, 0.6) is 0 Å². The van der Waals surface area contributed by atoms with Crippen LogP contribution in [-0.2, 0) is 30.8 Å². The minimum Gasteiger partial charge on any atom is -0.357 e. The highest BCUT2D eigenvalue weighted by Gasteiger charge is 2.20. The van der Waals surface area contributed by atoms with Crippen molar-refractivity contribution in [3.63, 3.8) is 0 Å².